The SMILES string of the molecule is COc1ccc(CCNc2nc3sc4c(c3c3ncnn23)CC(C)CC4)cc1OC. The zero-order chi connectivity index (χ0) is 20.7. The van der Waals surface area contributed by atoms with E-state index in [0.717, 1.165) is 59.3 Å². The van der Waals surface area contributed by atoms with Crippen molar-refractivity contribution < 1.29 is 9.47 Å². The quantitative estimate of drug-likeness (QED) is 0.503. The molecule has 0 spiro atoms. The molecule has 0 saturated heterocycles. The molecular formula is C22H25N5O2S. The van der Waals surface area contributed by atoms with Gasteiger partial charge >= 0.3 is 0 Å². The van der Waals surface area contributed by atoms with Gasteiger partial charge < -0.3 is 14.8 Å². The third kappa shape index (κ3) is 3.25. The summed E-state index contributed by atoms with van der Waals surface area (Å²) in [4.78, 5) is 12.0. The number of aryl methyl sites for hydroxylation is 1. The Labute approximate surface area is 179 Å². The maximum absolute atomic E-state index is 5.41. The number of benzene rings is 1. The number of rotatable bonds is 6. The van der Waals surface area contributed by atoms with Gasteiger partial charge in [-0.15, -0.1) is 11.3 Å². The van der Waals surface area contributed by atoms with E-state index in [-0.39, 0.29) is 0 Å². The fourth-order valence-electron chi connectivity index (χ4n) is 4.23. The molecule has 3 aromatic heterocycles. The van der Waals surface area contributed by atoms with Gasteiger partial charge in [-0.25, -0.2) is 9.97 Å². The van der Waals surface area contributed by atoms with Gasteiger partial charge in [-0.3, -0.25) is 0 Å². The summed E-state index contributed by atoms with van der Waals surface area (Å²) in [5, 5.41) is 9.08. The molecule has 0 saturated carbocycles. The normalized spacial score (nSPS) is 16.0. The zero-order valence-electron chi connectivity index (χ0n) is 17.4. The first kappa shape index (κ1) is 19.1. The Morgan fingerprint density at radius 3 is 2.93 bits per heavy atom. The van der Waals surface area contributed by atoms with E-state index in [1.807, 2.05) is 28.0 Å². The van der Waals surface area contributed by atoms with Crippen molar-refractivity contribution in [1.29, 1.82) is 0 Å². The summed E-state index contributed by atoms with van der Waals surface area (Å²) in [6, 6.07) is 6.00. The molecule has 1 aromatic carbocycles. The lowest BCUT2D eigenvalue weighted by molar-refractivity contribution is 0.354. The maximum atomic E-state index is 5.41. The van der Waals surface area contributed by atoms with Crippen molar-refractivity contribution in [1.82, 2.24) is 19.6 Å². The lowest BCUT2D eigenvalue weighted by Gasteiger charge is -2.17. The molecule has 0 amide bonds. The number of fused-ring (bicyclic) bond motifs is 5. The van der Waals surface area contributed by atoms with Crippen molar-refractivity contribution in [2.45, 2.75) is 32.6 Å². The molecule has 3 heterocycles. The number of hydrogen-bond acceptors (Lipinski definition) is 7. The van der Waals surface area contributed by atoms with Crippen LogP contribution < -0.4 is 14.8 Å². The summed E-state index contributed by atoms with van der Waals surface area (Å²) in [6.07, 6.45) is 5.94. The highest BCUT2D eigenvalue weighted by Gasteiger charge is 2.24. The van der Waals surface area contributed by atoms with Crippen LogP contribution in [0.25, 0.3) is 15.9 Å². The van der Waals surface area contributed by atoms with Crippen molar-refractivity contribution in [3.05, 3.63) is 40.5 Å². The van der Waals surface area contributed by atoms with E-state index >= 15 is 0 Å². The van der Waals surface area contributed by atoms with E-state index in [1.165, 1.54) is 22.2 Å². The molecule has 0 bridgehead atoms. The molecule has 1 N–H and O–H groups in total. The Morgan fingerprint density at radius 2 is 2.10 bits per heavy atom. The summed E-state index contributed by atoms with van der Waals surface area (Å²) >= 11 is 1.81. The van der Waals surface area contributed by atoms with Gasteiger partial charge in [0.1, 0.15) is 11.2 Å². The monoisotopic (exact) mass is 423 g/mol. The van der Waals surface area contributed by atoms with Gasteiger partial charge in [-0.05, 0) is 54.9 Å². The van der Waals surface area contributed by atoms with Crippen LogP contribution in [-0.4, -0.2) is 40.3 Å². The van der Waals surface area contributed by atoms with Gasteiger partial charge in [0, 0.05) is 11.4 Å². The number of thiophene rings is 1. The smallest absolute Gasteiger partial charge is 0.227 e. The molecule has 156 valence electrons. The third-order valence-corrected chi connectivity index (χ3v) is 7.00. The molecule has 7 nitrogen and oxygen atoms in total. The summed E-state index contributed by atoms with van der Waals surface area (Å²) in [7, 11) is 3.30. The fourth-order valence-corrected chi connectivity index (χ4v) is 5.44. The predicted molar refractivity (Wildman–Crippen MR) is 119 cm³/mol. The van der Waals surface area contributed by atoms with E-state index in [4.69, 9.17) is 14.5 Å². The highest BCUT2D eigenvalue weighted by molar-refractivity contribution is 7.19. The van der Waals surface area contributed by atoms with E-state index in [9.17, 15) is 0 Å². The highest BCUT2D eigenvalue weighted by Crippen LogP contribution is 2.39. The topological polar surface area (TPSA) is 73.6 Å². The molecule has 0 aliphatic heterocycles. The number of nitrogens with one attached hydrogen (secondary N) is 1. The summed E-state index contributed by atoms with van der Waals surface area (Å²) < 4.78 is 12.6. The minimum atomic E-state index is 0.706. The second kappa shape index (κ2) is 7.75. The molecule has 30 heavy (non-hydrogen) atoms. The Kier molecular flexibility index (Phi) is 4.94. The molecule has 8 heteroatoms. The van der Waals surface area contributed by atoms with Crippen LogP contribution in [0.1, 0.15) is 29.3 Å². The predicted octanol–water partition coefficient (Wildman–Crippen LogP) is 4.14. The number of hydrogen-bond donors (Lipinski definition) is 1. The Hall–Kier alpha value is -2.87. The second-order valence-corrected chi connectivity index (χ2v) is 8.91. The summed E-state index contributed by atoms with van der Waals surface area (Å²) in [5.41, 5.74) is 3.49. The van der Waals surface area contributed by atoms with Gasteiger partial charge in [0.05, 0.1) is 19.6 Å². The largest absolute Gasteiger partial charge is 0.493 e. The molecular weight excluding hydrogens is 398 g/mol. The van der Waals surface area contributed by atoms with Crippen LogP contribution in [0.15, 0.2) is 24.5 Å². The van der Waals surface area contributed by atoms with E-state index in [0.29, 0.717) is 5.92 Å². The van der Waals surface area contributed by atoms with Gasteiger partial charge in [-0.2, -0.15) is 9.61 Å². The minimum Gasteiger partial charge on any atom is -0.493 e. The van der Waals surface area contributed by atoms with Crippen molar-refractivity contribution >= 4 is 33.1 Å². The maximum Gasteiger partial charge on any atom is 0.227 e. The number of anilines is 1. The van der Waals surface area contributed by atoms with Crippen LogP contribution in [0.2, 0.25) is 0 Å². The lowest BCUT2D eigenvalue weighted by Crippen LogP contribution is -2.12. The number of aromatic nitrogens is 4. The van der Waals surface area contributed by atoms with E-state index in [1.54, 1.807) is 20.5 Å². The molecule has 1 aliphatic carbocycles. The van der Waals surface area contributed by atoms with Gasteiger partial charge in [0.2, 0.25) is 5.95 Å². The second-order valence-electron chi connectivity index (χ2n) is 7.83. The first-order valence-electron chi connectivity index (χ1n) is 10.3. The van der Waals surface area contributed by atoms with Crippen LogP contribution in [0, 0.1) is 5.92 Å². The average Bonchev–Trinajstić information content (AvgIpc) is 3.37. The number of methoxy groups -OCH3 is 2. The average molecular weight is 424 g/mol. The molecule has 5 rings (SSSR count). The minimum absolute atomic E-state index is 0.706. The molecule has 1 atom stereocenters. The summed E-state index contributed by atoms with van der Waals surface area (Å²) in [6.45, 7) is 3.05. The van der Waals surface area contributed by atoms with Crippen molar-refractivity contribution in [2.24, 2.45) is 5.92 Å². The van der Waals surface area contributed by atoms with Crippen LogP contribution >= 0.6 is 11.3 Å². The fraction of sp³-hybridized carbons (Fsp3) is 0.409. The first-order chi connectivity index (χ1) is 14.7. The standard InChI is InChI=1S/C22H25N5O2S/c1-13-4-7-18-15(10-13)19-20-24-12-25-27(20)22(26-21(19)30-18)23-9-8-14-5-6-16(28-2)17(11-14)29-3/h5-6,11-13H,4,7-10H2,1-3H3,(H,23,26). The molecule has 0 fully saturated rings. The Bertz CT molecular complexity index is 1220. The molecule has 4 aromatic rings. The van der Waals surface area contributed by atoms with E-state index in [2.05, 4.69) is 28.4 Å². The Morgan fingerprint density at radius 1 is 1.23 bits per heavy atom. The van der Waals surface area contributed by atoms with Crippen LogP contribution in [-0.2, 0) is 19.3 Å². The van der Waals surface area contributed by atoms with E-state index < -0.39 is 0 Å². The van der Waals surface area contributed by atoms with Gasteiger partial charge in [-0.1, -0.05) is 13.0 Å². The van der Waals surface area contributed by atoms with Crippen molar-refractivity contribution in [3.63, 3.8) is 0 Å². The number of ether oxygens (including phenoxy) is 2. The molecule has 0 radical (unpaired) electrons. The van der Waals surface area contributed by atoms with Crippen LogP contribution in [0.4, 0.5) is 5.95 Å². The van der Waals surface area contributed by atoms with Gasteiger partial charge in [0.15, 0.2) is 17.1 Å². The first-order valence-corrected chi connectivity index (χ1v) is 11.1. The number of nitrogens with zero attached hydrogens (tertiary/aromatic N) is 4. The van der Waals surface area contributed by atoms with Gasteiger partial charge in [0.25, 0.3) is 0 Å². The van der Waals surface area contributed by atoms with Crippen LogP contribution in [0.5, 0.6) is 11.5 Å². The zero-order valence-corrected chi connectivity index (χ0v) is 18.3. The molecule has 1 aliphatic rings. The van der Waals surface area contributed by atoms with Crippen molar-refractivity contribution in [2.75, 3.05) is 26.1 Å². The Balaban J connectivity index is 1.42. The highest BCUT2D eigenvalue weighted by atomic mass is 32.1. The van der Waals surface area contributed by atoms with Crippen LogP contribution in [0.3, 0.4) is 0 Å². The third-order valence-electron chi connectivity index (χ3n) is 5.81. The lowest BCUT2D eigenvalue weighted by atomic mass is 9.89. The summed E-state index contributed by atoms with van der Waals surface area (Å²) in [5.74, 6) is 2.92. The molecule has 1 unspecified atom stereocenters. The van der Waals surface area contributed by atoms with Crippen molar-refractivity contribution in [3.8, 4) is 11.5 Å².